The largest absolute Gasteiger partial charge is 0.491 e. The van der Waals surface area contributed by atoms with Crippen LogP contribution in [0.15, 0.2) is 24.3 Å². The quantitative estimate of drug-likeness (QED) is 0.816. The van der Waals surface area contributed by atoms with Crippen LogP contribution in [0.3, 0.4) is 0 Å². The van der Waals surface area contributed by atoms with Crippen LogP contribution in [0, 0.1) is 23.7 Å². The Morgan fingerprint density at radius 3 is 2.67 bits per heavy atom. The predicted octanol–water partition coefficient (Wildman–Crippen LogP) is 2.20. The molecule has 4 heteroatoms. The van der Waals surface area contributed by atoms with E-state index in [4.69, 9.17) is 10.5 Å². The van der Waals surface area contributed by atoms with Gasteiger partial charge in [-0.15, -0.1) is 0 Å². The van der Waals surface area contributed by atoms with E-state index in [1.807, 2.05) is 18.2 Å². The molecular weight excluding hydrogens is 264 g/mol. The lowest BCUT2D eigenvalue weighted by atomic mass is 10.0. The van der Waals surface area contributed by atoms with Crippen molar-refractivity contribution >= 4 is 11.6 Å². The van der Waals surface area contributed by atoms with Crippen molar-refractivity contribution in [1.82, 2.24) is 5.32 Å². The molecule has 0 spiro atoms. The number of para-hydroxylation sites is 2. The van der Waals surface area contributed by atoms with Gasteiger partial charge in [-0.3, -0.25) is 4.79 Å². The van der Waals surface area contributed by atoms with Crippen LogP contribution in [0.1, 0.15) is 25.7 Å². The molecule has 0 aromatic heterocycles. The van der Waals surface area contributed by atoms with Gasteiger partial charge in [0.15, 0.2) is 0 Å². The Hall–Kier alpha value is -1.71. The number of nitrogens with one attached hydrogen (secondary N) is 1. The molecule has 4 unspecified atom stereocenters. The number of rotatable bonds is 5. The number of amides is 1. The minimum atomic E-state index is 0.114. The van der Waals surface area contributed by atoms with Crippen molar-refractivity contribution in [1.29, 1.82) is 0 Å². The third-order valence-corrected chi connectivity index (χ3v) is 5.57. The number of ether oxygens (including phenoxy) is 1. The number of fused-ring (bicyclic) bond motifs is 5. The Labute approximate surface area is 125 Å². The van der Waals surface area contributed by atoms with Crippen molar-refractivity contribution in [2.24, 2.45) is 23.7 Å². The lowest BCUT2D eigenvalue weighted by Gasteiger charge is -2.11. The highest BCUT2D eigenvalue weighted by Gasteiger charge is 2.65. The lowest BCUT2D eigenvalue weighted by molar-refractivity contribution is -0.121. The number of hydrogen-bond donors (Lipinski definition) is 2. The van der Waals surface area contributed by atoms with Crippen LogP contribution in [0.5, 0.6) is 5.75 Å². The van der Waals surface area contributed by atoms with Crippen LogP contribution in [0.2, 0.25) is 0 Å². The van der Waals surface area contributed by atoms with E-state index >= 15 is 0 Å². The molecule has 21 heavy (non-hydrogen) atoms. The summed E-state index contributed by atoms with van der Waals surface area (Å²) in [5.74, 6) is 4.14. The number of benzene rings is 1. The van der Waals surface area contributed by atoms with Gasteiger partial charge in [0.2, 0.25) is 5.91 Å². The van der Waals surface area contributed by atoms with E-state index in [0.29, 0.717) is 30.5 Å². The third kappa shape index (κ3) is 2.27. The van der Waals surface area contributed by atoms with Gasteiger partial charge in [0.25, 0.3) is 0 Å². The molecule has 2 bridgehead atoms. The van der Waals surface area contributed by atoms with Gasteiger partial charge in [-0.2, -0.15) is 0 Å². The Balaban J connectivity index is 1.22. The second-order valence-corrected chi connectivity index (χ2v) is 6.72. The molecule has 112 valence electrons. The van der Waals surface area contributed by atoms with Gasteiger partial charge in [0.05, 0.1) is 18.7 Å². The fourth-order valence-electron chi connectivity index (χ4n) is 4.64. The molecule has 1 aromatic rings. The standard InChI is InChI=1S/C17H22N2O2/c18-12-3-1-2-4-13(12)21-8-7-14(20)19-17-15-10-5-6-11(9-10)16(15)17/h1-4,10-11,15-17H,5-9,18H2,(H,19,20). The fraction of sp³-hybridized carbons (Fsp3) is 0.588. The minimum Gasteiger partial charge on any atom is -0.491 e. The minimum absolute atomic E-state index is 0.114. The van der Waals surface area contributed by atoms with Crippen molar-refractivity contribution in [3.05, 3.63) is 24.3 Å². The highest BCUT2D eigenvalue weighted by molar-refractivity contribution is 5.77. The molecule has 4 rings (SSSR count). The molecule has 3 N–H and O–H groups in total. The third-order valence-electron chi connectivity index (χ3n) is 5.57. The summed E-state index contributed by atoms with van der Waals surface area (Å²) in [6, 6.07) is 7.85. The first-order chi connectivity index (χ1) is 10.2. The van der Waals surface area contributed by atoms with Gasteiger partial charge in [0.1, 0.15) is 5.75 Å². The number of hydrogen-bond acceptors (Lipinski definition) is 3. The Bertz CT molecular complexity index is 543. The first-order valence-electron chi connectivity index (χ1n) is 8.00. The maximum absolute atomic E-state index is 12.0. The number of nitrogen functional groups attached to an aromatic ring is 1. The molecule has 0 heterocycles. The van der Waals surface area contributed by atoms with Gasteiger partial charge < -0.3 is 15.8 Å². The van der Waals surface area contributed by atoms with Crippen molar-refractivity contribution in [3.63, 3.8) is 0 Å². The summed E-state index contributed by atoms with van der Waals surface area (Å²) >= 11 is 0. The summed E-state index contributed by atoms with van der Waals surface area (Å²) < 4.78 is 5.57. The fourth-order valence-corrected chi connectivity index (χ4v) is 4.64. The summed E-state index contributed by atoms with van der Waals surface area (Å²) in [4.78, 5) is 12.0. The van der Waals surface area contributed by atoms with Crippen molar-refractivity contribution in [3.8, 4) is 5.75 Å². The van der Waals surface area contributed by atoms with Crippen LogP contribution in [0.4, 0.5) is 5.69 Å². The zero-order chi connectivity index (χ0) is 14.4. The van der Waals surface area contributed by atoms with Crippen LogP contribution in [-0.2, 0) is 4.79 Å². The molecule has 3 aliphatic carbocycles. The average molecular weight is 286 g/mol. The molecule has 3 aliphatic rings. The topological polar surface area (TPSA) is 64.3 Å². The summed E-state index contributed by atoms with van der Waals surface area (Å²) in [6.45, 7) is 0.384. The molecule has 0 saturated heterocycles. The second kappa shape index (κ2) is 4.93. The summed E-state index contributed by atoms with van der Waals surface area (Å²) in [5.41, 5.74) is 6.42. The SMILES string of the molecule is Nc1ccccc1OCCC(=O)NC1C2C3CCC(C3)C12. The van der Waals surface area contributed by atoms with Crippen LogP contribution in [0.25, 0.3) is 0 Å². The smallest absolute Gasteiger partial charge is 0.223 e. The maximum atomic E-state index is 12.0. The zero-order valence-electron chi connectivity index (χ0n) is 12.1. The molecule has 4 atom stereocenters. The van der Waals surface area contributed by atoms with E-state index in [1.165, 1.54) is 19.3 Å². The van der Waals surface area contributed by atoms with E-state index in [-0.39, 0.29) is 5.91 Å². The van der Waals surface area contributed by atoms with Gasteiger partial charge >= 0.3 is 0 Å². The van der Waals surface area contributed by atoms with E-state index in [9.17, 15) is 4.79 Å². The van der Waals surface area contributed by atoms with Gasteiger partial charge in [-0.1, -0.05) is 12.1 Å². The number of anilines is 1. The number of carbonyl (C=O) groups excluding carboxylic acids is 1. The highest BCUT2D eigenvalue weighted by Crippen LogP contribution is 2.65. The monoisotopic (exact) mass is 286 g/mol. The molecule has 3 fully saturated rings. The van der Waals surface area contributed by atoms with E-state index in [0.717, 1.165) is 23.7 Å². The zero-order valence-corrected chi connectivity index (χ0v) is 12.1. The summed E-state index contributed by atoms with van der Waals surface area (Å²) in [6.07, 6.45) is 4.58. The van der Waals surface area contributed by atoms with E-state index < -0.39 is 0 Å². The normalized spacial score (nSPS) is 35.3. The molecule has 4 nitrogen and oxygen atoms in total. The van der Waals surface area contributed by atoms with Crippen molar-refractivity contribution < 1.29 is 9.53 Å². The predicted molar refractivity (Wildman–Crippen MR) is 80.7 cm³/mol. The van der Waals surface area contributed by atoms with Crippen molar-refractivity contribution in [2.45, 2.75) is 31.7 Å². The molecule has 0 aliphatic heterocycles. The first-order valence-corrected chi connectivity index (χ1v) is 8.00. The van der Waals surface area contributed by atoms with Gasteiger partial charge in [-0.05, 0) is 55.1 Å². The average Bonchev–Trinajstić information content (AvgIpc) is 2.86. The lowest BCUT2D eigenvalue weighted by Crippen LogP contribution is -2.30. The Kier molecular flexibility index (Phi) is 3.05. The molecule has 0 radical (unpaired) electrons. The number of carbonyl (C=O) groups is 1. The Morgan fingerprint density at radius 1 is 1.24 bits per heavy atom. The van der Waals surface area contributed by atoms with Crippen LogP contribution < -0.4 is 15.8 Å². The van der Waals surface area contributed by atoms with Crippen molar-refractivity contribution in [2.75, 3.05) is 12.3 Å². The Morgan fingerprint density at radius 2 is 1.95 bits per heavy atom. The first kappa shape index (κ1) is 13.0. The van der Waals surface area contributed by atoms with E-state index in [2.05, 4.69) is 5.32 Å². The molecule has 1 aromatic carbocycles. The van der Waals surface area contributed by atoms with Crippen LogP contribution >= 0.6 is 0 Å². The van der Waals surface area contributed by atoms with E-state index in [1.54, 1.807) is 6.07 Å². The second-order valence-electron chi connectivity index (χ2n) is 6.72. The molecule has 1 amide bonds. The summed E-state index contributed by atoms with van der Waals surface area (Å²) in [5, 5.41) is 3.21. The number of nitrogens with two attached hydrogens (primary N) is 1. The van der Waals surface area contributed by atoms with Gasteiger partial charge in [-0.25, -0.2) is 0 Å². The molecule has 3 saturated carbocycles. The molecular formula is C17H22N2O2. The highest BCUT2D eigenvalue weighted by atomic mass is 16.5. The summed E-state index contributed by atoms with van der Waals surface area (Å²) in [7, 11) is 0. The maximum Gasteiger partial charge on any atom is 0.223 e. The van der Waals surface area contributed by atoms with Gasteiger partial charge in [0, 0.05) is 6.04 Å². The van der Waals surface area contributed by atoms with Crippen LogP contribution in [-0.4, -0.2) is 18.6 Å².